The van der Waals surface area contributed by atoms with E-state index in [2.05, 4.69) is 27.0 Å². The predicted octanol–water partition coefficient (Wildman–Crippen LogP) is 3.48. The van der Waals surface area contributed by atoms with Crippen molar-refractivity contribution < 1.29 is 33.6 Å². The minimum absolute atomic E-state index is 0.0570. The molecule has 0 unspecified atom stereocenters. The molecule has 8 atom stereocenters. The molecule has 4 fully saturated rings. The van der Waals surface area contributed by atoms with Crippen LogP contribution in [-0.2, 0) is 28.5 Å². The van der Waals surface area contributed by atoms with Gasteiger partial charge in [-0.25, -0.2) is 4.79 Å². The minimum Gasteiger partial charge on any atom is -0.456 e. The average molecular weight is 463 g/mol. The maximum Gasteiger partial charge on any atom is 0.330 e. The lowest BCUT2D eigenvalue weighted by molar-refractivity contribution is -0.463. The zero-order chi connectivity index (χ0) is 24.8. The third-order valence-corrected chi connectivity index (χ3v) is 8.89. The van der Waals surface area contributed by atoms with Gasteiger partial charge in [-0.3, -0.25) is 4.79 Å². The van der Waals surface area contributed by atoms with Gasteiger partial charge in [-0.1, -0.05) is 33.4 Å². The maximum absolute atomic E-state index is 14.3. The molecule has 2 saturated carbocycles. The summed E-state index contributed by atoms with van der Waals surface area (Å²) in [5.41, 5.74) is -5.40. The Kier molecular flexibility index (Phi) is 5.21. The lowest BCUT2D eigenvalue weighted by Crippen LogP contribution is -2.90. The number of carbonyl (C=O) groups is 2. The zero-order valence-corrected chi connectivity index (χ0v) is 20.9. The van der Waals surface area contributed by atoms with Gasteiger partial charge in [0.2, 0.25) is 0 Å². The van der Waals surface area contributed by atoms with E-state index in [0.717, 1.165) is 12.5 Å². The molecule has 0 aromatic rings. The first-order chi connectivity index (χ1) is 15.0. The summed E-state index contributed by atoms with van der Waals surface area (Å²) in [7, 11) is 0. The maximum atomic E-state index is 14.3. The van der Waals surface area contributed by atoms with Crippen molar-refractivity contribution in [3.8, 4) is 0 Å². The highest BCUT2D eigenvalue weighted by molar-refractivity contribution is 5.93. The van der Waals surface area contributed by atoms with E-state index in [0.29, 0.717) is 6.42 Å². The molecule has 2 heterocycles. The third-order valence-electron chi connectivity index (χ3n) is 8.89. The van der Waals surface area contributed by atoms with Gasteiger partial charge >= 0.3 is 5.97 Å². The highest BCUT2D eigenvalue weighted by atomic mass is 16.7. The lowest BCUT2D eigenvalue weighted by Gasteiger charge is -2.75. The molecule has 1 spiro atoms. The van der Waals surface area contributed by atoms with Crippen LogP contribution < -0.4 is 0 Å². The Morgan fingerprint density at radius 1 is 1.12 bits per heavy atom. The fourth-order valence-electron chi connectivity index (χ4n) is 7.73. The van der Waals surface area contributed by atoms with Crippen molar-refractivity contribution in [3.05, 3.63) is 25.3 Å². The van der Waals surface area contributed by atoms with E-state index in [1.165, 1.54) is 0 Å². The smallest absolute Gasteiger partial charge is 0.330 e. The number of ketones is 1. The number of rotatable bonds is 3. The Morgan fingerprint density at radius 2 is 1.76 bits per heavy atom. The average Bonchev–Trinajstić information content (AvgIpc) is 2.70. The number of Topliss-reactive ketones (excluding diaryl/α,β-unsaturated/α-hetero) is 1. The van der Waals surface area contributed by atoms with Gasteiger partial charge in [0.05, 0.1) is 11.7 Å². The molecule has 0 radical (unpaired) electrons. The molecule has 0 aromatic heterocycles. The number of carbonyl (C=O) groups excluding carboxylic acids is 2. The zero-order valence-electron chi connectivity index (χ0n) is 20.9. The molecule has 4 aliphatic rings. The van der Waals surface area contributed by atoms with Gasteiger partial charge in [0, 0.05) is 23.8 Å². The molecule has 2 saturated heterocycles. The molecule has 184 valence electrons. The van der Waals surface area contributed by atoms with E-state index in [1.54, 1.807) is 33.8 Å². The van der Waals surface area contributed by atoms with Crippen molar-refractivity contribution in [3.63, 3.8) is 0 Å². The number of ether oxygens (including phenoxy) is 4. The van der Waals surface area contributed by atoms with Crippen LogP contribution in [0.3, 0.4) is 0 Å². The normalized spacial score (nSPS) is 49.9. The van der Waals surface area contributed by atoms with Crippen molar-refractivity contribution in [1.82, 2.24) is 0 Å². The Bertz CT molecular complexity index is 908. The van der Waals surface area contributed by atoms with Crippen LogP contribution in [0, 0.1) is 16.7 Å². The van der Waals surface area contributed by atoms with Crippen molar-refractivity contribution >= 4 is 11.8 Å². The SMILES string of the molecule is C=CC(=O)O[C@H]1[C@H]2C(C)(C)CC[C@@H]3OC(C)(C)O[C@@]4(C(=O)C[C@](C)(C=C)O[C@]4(C)[C@H]1O)[C@@]32C. The Morgan fingerprint density at radius 3 is 2.33 bits per heavy atom. The molecule has 2 aliphatic carbocycles. The number of aliphatic hydroxyl groups is 1. The molecular formula is C26H38O7. The van der Waals surface area contributed by atoms with E-state index >= 15 is 0 Å². The van der Waals surface area contributed by atoms with Gasteiger partial charge in [0.15, 0.2) is 17.2 Å². The molecule has 2 aliphatic heterocycles. The van der Waals surface area contributed by atoms with E-state index in [-0.39, 0.29) is 23.7 Å². The summed E-state index contributed by atoms with van der Waals surface area (Å²) < 4.78 is 25.6. The first-order valence-electron chi connectivity index (χ1n) is 11.8. The molecule has 1 N–H and O–H groups in total. The molecule has 0 bridgehead atoms. The van der Waals surface area contributed by atoms with Crippen molar-refractivity contribution in [1.29, 1.82) is 0 Å². The second kappa shape index (κ2) is 7.00. The topological polar surface area (TPSA) is 91.3 Å². The van der Waals surface area contributed by atoms with Crippen LogP contribution in [0.2, 0.25) is 0 Å². The summed E-state index contributed by atoms with van der Waals surface area (Å²) in [6, 6.07) is 0. The van der Waals surface area contributed by atoms with Crippen molar-refractivity contribution in [2.24, 2.45) is 16.7 Å². The molecule has 7 heteroatoms. The van der Waals surface area contributed by atoms with E-state index in [9.17, 15) is 14.7 Å². The summed E-state index contributed by atoms with van der Waals surface area (Å²) in [6.45, 7) is 20.6. The van der Waals surface area contributed by atoms with Crippen LogP contribution >= 0.6 is 0 Å². The number of aliphatic hydroxyl groups excluding tert-OH is 1. The summed E-state index contributed by atoms with van der Waals surface area (Å²) in [5.74, 6) is -2.31. The quantitative estimate of drug-likeness (QED) is 0.390. The lowest BCUT2D eigenvalue weighted by atomic mass is 9.39. The van der Waals surface area contributed by atoms with E-state index < -0.39 is 52.1 Å². The predicted molar refractivity (Wildman–Crippen MR) is 121 cm³/mol. The molecule has 33 heavy (non-hydrogen) atoms. The molecule has 7 nitrogen and oxygen atoms in total. The second-order valence-electron chi connectivity index (χ2n) is 12.0. The summed E-state index contributed by atoms with van der Waals surface area (Å²) in [6.07, 6.45) is 1.55. The highest BCUT2D eigenvalue weighted by Crippen LogP contribution is 2.71. The van der Waals surface area contributed by atoms with Crippen LogP contribution in [0.1, 0.15) is 67.7 Å². The largest absolute Gasteiger partial charge is 0.456 e. The minimum atomic E-state index is -1.53. The summed E-state index contributed by atoms with van der Waals surface area (Å²) >= 11 is 0. The van der Waals surface area contributed by atoms with Crippen LogP contribution in [-0.4, -0.2) is 57.8 Å². The summed E-state index contributed by atoms with van der Waals surface area (Å²) in [4.78, 5) is 26.7. The number of esters is 1. The Labute approximate surface area is 196 Å². The molecule has 0 amide bonds. The third kappa shape index (κ3) is 2.95. The van der Waals surface area contributed by atoms with E-state index in [4.69, 9.17) is 18.9 Å². The van der Waals surface area contributed by atoms with Crippen LogP contribution in [0.4, 0.5) is 0 Å². The number of hydrogen-bond acceptors (Lipinski definition) is 7. The van der Waals surface area contributed by atoms with Crippen LogP contribution in [0.5, 0.6) is 0 Å². The molecule has 0 aromatic carbocycles. The first-order valence-corrected chi connectivity index (χ1v) is 11.8. The van der Waals surface area contributed by atoms with Crippen LogP contribution in [0.25, 0.3) is 0 Å². The fourth-order valence-corrected chi connectivity index (χ4v) is 7.73. The van der Waals surface area contributed by atoms with Crippen molar-refractivity contribution in [2.45, 2.75) is 109 Å². The van der Waals surface area contributed by atoms with Gasteiger partial charge in [-0.05, 0) is 46.0 Å². The van der Waals surface area contributed by atoms with Gasteiger partial charge in [0.25, 0.3) is 0 Å². The van der Waals surface area contributed by atoms with E-state index in [1.807, 2.05) is 6.92 Å². The Hall–Kier alpha value is -1.54. The highest BCUT2D eigenvalue weighted by Gasteiger charge is 2.84. The first kappa shape index (κ1) is 24.6. The van der Waals surface area contributed by atoms with Gasteiger partial charge in [0.1, 0.15) is 17.8 Å². The Balaban J connectivity index is 2.05. The van der Waals surface area contributed by atoms with Gasteiger partial charge in [-0.15, -0.1) is 6.58 Å². The van der Waals surface area contributed by atoms with Crippen molar-refractivity contribution in [2.75, 3.05) is 0 Å². The van der Waals surface area contributed by atoms with Gasteiger partial charge in [-0.2, -0.15) is 0 Å². The standard InChI is InChI=1S/C26H38O7/c1-10-17(28)30-18-19-21(3,4)13-12-16-24(19,8)26(32-22(5,6)31-16)15(27)14-23(7,11-2)33-25(26,9)20(18)29/h10-11,16,18-20,29H,1-2,12-14H2,3-9H3/t16-,18-,19-,20-,23-,24-,25+,26-/m0/s1. The monoisotopic (exact) mass is 462 g/mol. The molecule has 4 rings (SSSR count). The molecular weight excluding hydrogens is 424 g/mol. The summed E-state index contributed by atoms with van der Waals surface area (Å²) in [5, 5.41) is 11.9. The fraction of sp³-hybridized carbons (Fsp3) is 0.769. The van der Waals surface area contributed by atoms with Gasteiger partial charge < -0.3 is 24.1 Å². The number of hydrogen-bond donors (Lipinski definition) is 1. The second-order valence-corrected chi connectivity index (χ2v) is 12.0. The van der Waals surface area contributed by atoms with Crippen LogP contribution in [0.15, 0.2) is 25.3 Å².